The highest BCUT2D eigenvalue weighted by Gasteiger charge is 1.95. The summed E-state index contributed by atoms with van der Waals surface area (Å²) in [6, 6.07) is 7.25. The van der Waals surface area contributed by atoms with Gasteiger partial charge in [-0.25, -0.2) is 0 Å². The maximum Gasteiger partial charge on any atom is 0.306 e. The molecule has 0 saturated carbocycles. The molecule has 0 aromatic heterocycles. The lowest BCUT2D eigenvalue weighted by Gasteiger charge is -1.99. The lowest BCUT2D eigenvalue weighted by Crippen LogP contribution is -1.99. The lowest BCUT2D eigenvalue weighted by atomic mass is 10.2. The van der Waals surface area contributed by atoms with Gasteiger partial charge in [-0.1, -0.05) is 5.16 Å². The van der Waals surface area contributed by atoms with Crippen LogP contribution in [0.4, 0.5) is 0 Å². The molecule has 0 radical (unpaired) electrons. The standard InChI is InChI=1S/C11H13NO4/c1-15-10-4-2-9(3-5-10)8-12-16-7-6-11(13)14/h2-5,8H,6-7H2,1H3,(H,13,14)/b12-8+. The number of methoxy groups -OCH3 is 1. The molecule has 0 amide bonds. The van der Waals surface area contributed by atoms with Gasteiger partial charge in [0.2, 0.25) is 0 Å². The lowest BCUT2D eigenvalue weighted by molar-refractivity contribution is -0.138. The van der Waals surface area contributed by atoms with Crippen molar-refractivity contribution in [1.29, 1.82) is 0 Å². The third kappa shape index (κ3) is 4.45. The van der Waals surface area contributed by atoms with Crippen LogP contribution in [-0.2, 0) is 9.63 Å². The molecular weight excluding hydrogens is 210 g/mol. The zero-order valence-electron chi connectivity index (χ0n) is 8.92. The van der Waals surface area contributed by atoms with E-state index in [1.165, 1.54) is 6.21 Å². The minimum Gasteiger partial charge on any atom is -0.497 e. The van der Waals surface area contributed by atoms with Crippen molar-refractivity contribution in [3.05, 3.63) is 29.8 Å². The van der Waals surface area contributed by atoms with Crippen LogP contribution in [0, 0.1) is 0 Å². The van der Waals surface area contributed by atoms with E-state index in [2.05, 4.69) is 5.16 Å². The van der Waals surface area contributed by atoms with Gasteiger partial charge in [0.05, 0.1) is 19.7 Å². The van der Waals surface area contributed by atoms with Crippen LogP contribution in [0.5, 0.6) is 5.75 Å². The number of carbonyl (C=O) groups is 1. The highest BCUT2D eigenvalue weighted by Crippen LogP contribution is 2.09. The molecule has 0 fully saturated rings. The van der Waals surface area contributed by atoms with E-state index < -0.39 is 5.97 Å². The Labute approximate surface area is 93.3 Å². The van der Waals surface area contributed by atoms with Crippen LogP contribution < -0.4 is 4.74 Å². The van der Waals surface area contributed by atoms with E-state index in [0.29, 0.717) is 0 Å². The Balaban J connectivity index is 2.35. The number of nitrogens with zero attached hydrogens (tertiary/aromatic N) is 1. The van der Waals surface area contributed by atoms with E-state index in [1.54, 1.807) is 19.2 Å². The maximum atomic E-state index is 10.2. The Hall–Kier alpha value is -2.04. The van der Waals surface area contributed by atoms with E-state index >= 15 is 0 Å². The smallest absolute Gasteiger partial charge is 0.306 e. The fourth-order valence-electron chi connectivity index (χ4n) is 0.974. The van der Waals surface area contributed by atoms with E-state index in [1.807, 2.05) is 12.1 Å². The Morgan fingerprint density at radius 2 is 2.12 bits per heavy atom. The molecule has 1 aromatic carbocycles. The molecule has 0 heterocycles. The molecule has 0 aliphatic heterocycles. The highest BCUT2D eigenvalue weighted by molar-refractivity contribution is 5.79. The van der Waals surface area contributed by atoms with Crippen molar-refractivity contribution in [2.24, 2.45) is 5.16 Å². The van der Waals surface area contributed by atoms with Gasteiger partial charge in [-0.2, -0.15) is 0 Å². The first-order valence-electron chi connectivity index (χ1n) is 4.73. The van der Waals surface area contributed by atoms with Crippen molar-refractivity contribution < 1.29 is 19.5 Å². The summed E-state index contributed by atoms with van der Waals surface area (Å²) < 4.78 is 5.00. The van der Waals surface area contributed by atoms with Crippen LogP contribution in [0.15, 0.2) is 29.4 Å². The van der Waals surface area contributed by atoms with Crippen molar-refractivity contribution in [3.8, 4) is 5.75 Å². The molecule has 0 atom stereocenters. The zero-order chi connectivity index (χ0) is 11.8. The normalized spacial score (nSPS) is 10.3. The second-order valence-electron chi connectivity index (χ2n) is 2.98. The van der Waals surface area contributed by atoms with E-state index in [-0.39, 0.29) is 13.0 Å². The number of oxime groups is 1. The summed E-state index contributed by atoms with van der Waals surface area (Å²) in [6.45, 7) is 0.0714. The number of aliphatic carboxylic acids is 1. The summed E-state index contributed by atoms with van der Waals surface area (Å²) >= 11 is 0. The first kappa shape index (κ1) is 12.0. The number of hydrogen-bond acceptors (Lipinski definition) is 4. The molecule has 16 heavy (non-hydrogen) atoms. The van der Waals surface area contributed by atoms with Crippen LogP contribution in [-0.4, -0.2) is 31.0 Å². The van der Waals surface area contributed by atoms with Crippen molar-refractivity contribution >= 4 is 12.2 Å². The summed E-state index contributed by atoms with van der Waals surface area (Å²) in [7, 11) is 1.60. The van der Waals surface area contributed by atoms with E-state index in [9.17, 15) is 4.79 Å². The fourth-order valence-corrected chi connectivity index (χ4v) is 0.974. The first-order valence-corrected chi connectivity index (χ1v) is 4.73. The van der Waals surface area contributed by atoms with Gasteiger partial charge < -0.3 is 14.7 Å². The molecular formula is C11H13NO4. The van der Waals surface area contributed by atoms with Gasteiger partial charge in [0.15, 0.2) is 0 Å². The predicted molar refractivity (Wildman–Crippen MR) is 58.8 cm³/mol. The van der Waals surface area contributed by atoms with Gasteiger partial charge in [-0.3, -0.25) is 4.79 Å². The summed E-state index contributed by atoms with van der Waals surface area (Å²) in [6.07, 6.45) is 1.46. The molecule has 86 valence electrons. The van der Waals surface area contributed by atoms with Crippen LogP contribution in [0.3, 0.4) is 0 Å². The SMILES string of the molecule is COc1ccc(/C=N/OCCC(=O)O)cc1. The number of carboxylic acid groups (broad SMARTS) is 1. The van der Waals surface area contributed by atoms with Crippen LogP contribution in [0.1, 0.15) is 12.0 Å². The molecule has 0 aliphatic rings. The topological polar surface area (TPSA) is 68.1 Å². The predicted octanol–water partition coefficient (Wildman–Crippen LogP) is 1.52. The molecule has 0 spiro atoms. The average Bonchev–Trinajstić information content (AvgIpc) is 2.29. The maximum absolute atomic E-state index is 10.2. The largest absolute Gasteiger partial charge is 0.497 e. The van der Waals surface area contributed by atoms with Gasteiger partial charge in [0.25, 0.3) is 0 Å². The molecule has 5 nitrogen and oxygen atoms in total. The summed E-state index contributed by atoms with van der Waals surface area (Å²) in [5, 5.41) is 12.0. The third-order valence-corrected chi connectivity index (χ3v) is 1.80. The van der Waals surface area contributed by atoms with Crippen LogP contribution in [0.25, 0.3) is 0 Å². The first-order chi connectivity index (χ1) is 7.72. The Morgan fingerprint density at radius 1 is 1.44 bits per heavy atom. The molecule has 1 aromatic rings. The van der Waals surface area contributed by atoms with Gasteiger partial charge in [-0.05, 0) is 29.8 Å². The van der Waals surface area contributed by atoms with Gasteiger partial charge in [0, 0.05) is 0 Å². The Morgan fingerprint density at radius 3 is 2.69 bits per heavy atom. The van der Waals surface area contributed by atoms with Crippen molar-refractivity contribution in [2.75, 3.05) is 13.7 Å². The fraction of sp³-hybridized carbons (Fsp3) is 0.273. The van der Waals surface area contributed by atoms with Gasteiger partial charge in [0.1, 0.15) is 12.4 Å². The number of rotatable bonds is 6. The molecule has 0 aliphatic carbocycles. The molecule has 0 unspecified atom stereocenters. The average molecular weight is 223 g/mol. The quantitative estimate of drug-likeness (QED) is 0.451. The molecule has 1 N–H and O–H groups in total. The van der Waals surface area contributed by atoms with Crippen molar-refractivity contribution in [1.82, 2.24) is 0 Å². The number of benzene rings is 1. The second-order valence-corrected chi connectivity index (χ2v) is 2.98. The number of hydrogen-bond donors (Lipinski definition) is 1. The van der Waals surface area contributed by atoms with Crippen LogP contribution in [0.2, 0.25) is 0 Å². The minimum atomic E-state index is -0.903. The monoisotopic (exact) mass is 223 g/mol. The van der Waals surface area contributed by atoms with Crippen LogP contribution >= 0.6 is 0 Å². The zero-order valence-corrected chi connectivity index (χ0v) is 8.92. The summed E-state index contributed by atoms with van der Waals surface area (Å²) in [4.78, 5) is 14.9. The third-order valence-electron chi connectivity index (χ3n) is 1.80. The summed E-state index contributed by atoms with van der Waals surface area (Å²) in [5.74, 6) is -0.136. The summed E-state index contributed by atoms with van der Waals surface area (Å²) in [5.41, 5.74) is 0.858. The number of carboxylic acids is 1. The second kappa shape index (κ2) is 6.44. The van der Waals surface area contributed by atoms with E-state index in [4.69, 9.17) is 14.7 Å². The van der Waals surface area contributed by atoms with Crippen molar-refractivity contribution in [2.45, 2.75) is 6.42 Å². The van der Waals surface area contributed by atoms with Gasteiger partial charge in [-0.15, -0.1) is 0 Å². The highest BCUT2D eigenvalue weighted by atomic mass is 16.6. The van der Waals surface area contributed by atoms with Crippen molar-refractivity contribution in [3.63, 3.8) is 0 Å². The Bertz CT molecular complexity index is 359. The molecule has 0 bridgehead atoms. The van der Waals surface area contributed by atoms with E-state index in [0.717, 1.165) is 11.3 Å². The minimum absolute atomic E-state index is 0.0556. The Kier molecular flexibility index (Phi) is 4.85. The molecule has 1 rings (SSSR count). The number of ether oxygens (including phenoxy) is 1. The van der Waals surface area contributed by atoms with Gasteiger partial charge >= 0.3 is 5.97 Å². The molecule has 5 heteroatoms. The molecule has 0 saturated heterocycles.